The minimum atomic E-state index is -3.90. The zero-order valence-electron chi connectivity index (χ0n) is 21.5. The summed E-state index contributed by atoms with van der Waals surface area (Å²) in [6, 6.07) is 22.9. The average Bonchev–Trinajstić information content (AvgIpc) is 3.27. The van der Waals surface area contributed by atoms with Gasteiger partial charge in [-0.25, -0.2) is 12.7 Å². The van der Waals surface area contributed by atoms with E-state index in [4.69, 9.17) is 23.2 Å². The van der Waals surface area contributed by atoms with E-state index in [-0.39, 0.29) is 27.2 Å². The van der Waals surface area contributed by atoms with Crippen molar-refractivity contribution in [2.45, 2.75) is 33.1 Å². The van der Waals surface area contributed by atoms with E-state index < -0.39 is 15.4 Å². The second-order valence-corrected chi connectivity index (χ2v) is 13.2. The van der Waals surface area contributed by atoms with Gasteiger partial charge in [-0.1, -0.05) is 92.5 Å². The van der Waals surface area contributed by atoms with Crippen molar-refractivity contribution in [1.82, 2.24) is 4.98 Å². The molecule has 0 saturated heterocycles. The monoisotopic (exact) mass is 566 g/mol. The summed E-state index contributed by atoms with van der Waals surface area (Å²) in [4.78, 5) is 3.52. The number of benzene rings is 4. The Kier molecular flexibility index (Phi) is 6.62. The molecule has 0 aliphatic carbocycles. The number of hydrogen-bond donors (Lipinski definition) is 2. The summed E-state index contributed by atoms with van der Waals surface area (Å²) in [5.41, 5.74) is 3.85. The third-order valence-electron chi connectivity index (χ3n) is 6.69. The number of H-pyrrole nitrogens is 1. The molecule has 1 heterocycles. The highest BCUT2D eigenvalue weighted by molar-refractivity contribution is 7.93. The number of fused-ring (bicyclic) bond motifs is 3. The SMILES string of the molecule is CCS(=O)(=O)N(c1cc(Cl)c(O)cc1Cl)c1c(C(C)(C)C)[nH]c2ccc3ccc(-c4ccccc4)cc3c12. The Morgan fingerprint density at radius 3 is 2.24 bits per heavy atom. The molecule has 8 heteroatoms. The Bertz CT molecular complexity index is 1790. The molecular weight excluding hydrogens is 539 g/mol. The maximum Gasteiger partial charge on any atom is 0.239 e. The molecule has 0 unspecified atom stereocenters. The van der Waals surface area contributed by atoms with Crippen molar-refractivity contribution in [3.05, 3.63) is 88.5 Å². The largest absolute Gasteiger partial charge is 0.506 e. The van der Waals surface area contributed by atoms with E-state index in [9.17, 15) is 13.5 Å². The van der Waals surface area contributed by atoms with Gasteiger partial charge in [0.25, 0.3) is 0 Å². The van der Waals surface area contributed by atoms with Crippen LogP contribution in [0.15, 0.2) is 72.8 Å². The number of nitrogens with one attached hydrogen (secondary N) is 1. The first-order valence-electron chi connectivity index (χ1n) is 12.3. The molecule has 196 valence electrons. The smallest absolute Gasteiger partial charge is 0.239 e. The van der Waals surface area contributed by atoms with Crippen LogP contribution in [-0.4, -0.2) is 24.3 Å². The summed E-state index contributed by atoms with van der Waals surface area (Å²) in [6.45, 7) is 7.68. The fourth-order valence-electron chi connectivity index (χ4n) is 4.77. The van der Waals surface area contributed by atoms with Gasteiger partial charge >= 0.3 is 0 Å². The van der Waals surface area contributed by atoms with E-state index in [0.717, 1.165) is 38.5 Å². The Morgan fingerprint density at radius 1 is 0.895 bits per heavy atom. The lowest BCUT2D eigenvalue weighted by molar-refractivity contribution is 0.475. The van der Waals surface area contributed by atoms with E-state index in [1.165, 1.54) is 16.4 Å². The van der Waals surface area contributed by atoms with E-state index in [1.54, 1.807) is 6.92 Å². The quantitative estimate of drug-likeness (QED) is 0.223. The van der Waals surface area contributed by atoms with Crippen molar-refractivity contribution in [2.24, 2.45) is 0 Å². The molecule has 38 heavy (non-hydrogen) atoms. The summed E-state index contributed by atoms with van der Waals surface area (Å²) in [5.74, 6) is -0.389. The van der Waals surface area contributed by atoms with Crippen LogP contribution in [-0.2, 0) is 15.4 Å². The Labute approximate surface area is 232 Å². The van der Waals surface area contributed by atoms with E-state index in [1.807, 2.05) is 69.3 Å². The van der Waals surface area contributed by atoms with Gasteiger partial charge in [0.1, 0.15) is 5.75 Å². The molecule has 5 rings (SSSR count). The summed E-state index contributed by atoms with van der Waals surface area (Å²) in [5, 5.41) is 12.9. The number of phenolic OH excluding ortho intramolecular Hbond substituents is 1. The third kappa shape index (κ3) is 4.51. The Balaban J connectivity index is 1.96. The van der Waals surface area contributed by atoms with Gasteiger partial charge in [-0.05, 0) is 47.0 Å². The van der Waals surface area contributed by atoms with Crippen LogP contribution in [0.2, 0.25) is 10.0 Å². The second-order valence-electron chi connectivity index (χ2n) is 10.3. The highest BCUT2D eigenvalue weighted by Gasteiger charge is 2.34. The third-order valence-corrected chi connectivity index (χ3v) is 8.96. The lowest BCUT2D eigenvalue weighted by Gasteiger charge is -2.29. The number of aromatic hydroxyl groups is 1. The predicted octanol–water partition coefficient (Wildman–Crippen LogP) is 8.79. The van der Waals surface area contributed by atoms with Gasteiger partial charge in [0.15, 0.2) is 0 Å². The van der Waals surface area contributed by atoms with Crippen molar-refractivity contribution >= 4 is 66.3 Å². The van der Waals surface area contributed by atoms with E-state index >= 15 is 0 Å². The number of aromatic amines is 1. The van der Waals surface area contributed by atoms with Gasteiger partial charge in [-0.2, -0.15) is 0 Å². The van der Waals surface area contributed by atoms with Gasteiger partial charge in [0.2, 0.25) is 10.0 Å². The molecule has 0 aliphatic heterocycles. The fraction of sp³-hybridized carbons (Fsp3) is 0.200. The van der Waals surface area contributed by atoms with Gasteiger partial charge < -0.3 is 10.1 Å². The average molecular weight is 568 g/mol. The zero-order chi connectivity index (χ0) is 27.4. The molecule has 0 radical (unpaired) electrons. The molecule has 0 atom stereocenters. The first-order valence-corrected chi connectivity index (χ1v) is 14.6. The van der Waals surface area contributed by atoms with E-state index in [2.05, 4.69) is 17.1 Å². The van der Waals surface area contributed by atoms with Crippen LogP contribution in [0, 0.1) is 0 Å². The highest BCUT2D eigenvalue weighted by atomic mass is 35.5. The predicted molar refractivity (Wildman–Crippen MR) is 160 cm³/mol. The van der Waals surface area contributed by atoms with Crippen molar-refractivity contribution in [3.8, 4) is 16.9 Å². The molecule has 5 nitrogen and oxygen atoms in total. The van der Waals surface area contributed by atoms with Crippen LogP contribution in [0.1, 0.15) is 33.4 Å². The number of halogens is 2. The number of phenols is 1. The number of sulfonamides is 1. The summed E-state index contributed by atoms with van der Waals surface area (Å²) in [7, 11) is -3.90. The first-order chi connectivity index (χ1) is 17.9. The number of rotatable bonds is 5. The molecule has 0 saturated carbocycles. The van der Waals surface area contributed by atoms with E-state index in [0.29, 0.717) is 5.69 Å². The Hall–Kier alpha value is -3.19. The van der Waals surface area contributed by atoms with Crippen LogP contribution in [0.25, 0.3) is 32.8 Å². The minimum Gasteiger partial charge on any atom is -0.506 e. The number of aromatic nitrogens is 1. The fourth-order valence-corrected chi connectivity index (χ4v) is 6.39. The molecule has 1 aromatic heterocycles. The van der Waals surface area contributed by atoms with Crippen LogP contribution in [0.3, 0.4) is 0 Å². The molecule has 0 spiro atoms. The van der Waals surface area contributed by atoms with Gasteiger partial charge in [-0.3, -0.25) is 0 Å². The maximum absolute atomic E-state index is 13.8. The summed E-state index contributed by atoms with van der Waals surface area (Å²) in [6.07, 6.45) is 0. The van der Waals surface area contributed by atoms with Crippen LogP contribution in [0.4, 0.5) is 11.4 Å². The van der Waals surface area contributed by atoms with Gasteiger partial charge in [-0.15, -0.1) is 0 Å². The lowest BCUT2D eigenvalue weighted by atomic mass is 9.90. The van der Waals surface area contributed by atoms with Gasteiger partial charge in [0.05, 0.1) is 27.2 Å². The second kappa shape index (κ2) is 9.53. The lowest BCUT2D eigenvalue weighted by Crippen LogP contribution is -2.30. The molecular formula is C30H28Cl2N2O3S. The first kappa shape index (κ1) is 26.4. The highest BCUT2D eigenvalue weighted by Crippen LogP contribution is 2.48. The van der Waals surface area contributed by atoms with Crippen molar-refractivity contribution in [2.75, 3.05) is 10.1 Å². The number of hydrogen-bond acceptors (Lipinski definition) is 3. The summed E-state index contributed by atoms with van der Waals surface area (Å²) < 4.78 is 29.0. The maximum atomic E-state index is 13.8. The van der Waals surface area contributed by atoms with Crippen molar-refractivity contribution in [1.29, 1.82) is 0 Å². The van der Waals surface area contributed by atoms with Gasteiger partial charge in [0, 0.05) is 28.1 Å². The zero-order valence-corrected chi connectivity index (χ0v) is 23.8. The topological polar surface area (TPSA) is 73.4 Å². The molecule has 5 aromatic rings. The summed E-state index contributed by atoms with van der Waals surface area (Å²) >= 11 is 12.9. The molecule has 2 N–H and O–H groups in total. The Morgan fingerprint density at radius 2 is 1.58 bits per heavy atom. The van der Waals surface area contributed by atoms with Crippen molar-refractivity contribution < 1.29 is 13.5 Å². The standard InChI is InChI=1S/C30H28Cl2N2O3S/c1-5-38(36,37)34(25-16-23(32)26(35)17-22(25)31)28-27-21-15-20(18-9-7-6-8-10-18)12-11-19(21)13-14-24(27)33-29(28)30(2,3)4/h6-17,33,35H,5H2,1-4H3. The molecule has 0 amide bonds. The number of nitrogens with zero attached hydrogens (tertiary/aromatic N) is 1. The molecule has 0 aliphatic rings. The van der Waals surface area contributed by atoms with Crippen LogP contribution in [0.5, 0.6) is 5.75 Å². The normalized spacial score (nSPS) is 12.4. The molecule has 4 aromatic carbocycles. The molecule has 0 fully saturated rings. The number of anilines is 2. The minimum absolute atomic E-state index is 0.00840. The van der Waals surface area contributed by atoms with Crippen LogP contribution >= 0.6 is 23.2 Å². The van der Waals surface area contributed by atoms with Crippen molar-refractivity contribution in [3.63, 3.8) is 0 Å². The van der Waals surface area contributed by atoms with Crippen LogP contribution < -0.4 is 4.31 Å². The molecule has 0 bridgehead atoms.